The molecule has 2 aromatic rings. The molecule has 0 saturated carbocycles. The van der Waals surface area contributed by atoms with Gasteiger partial charge in [0.05, 0.1) is 24.6 Å². The molecule has 0 N–H and O–H groups in total. The summed E-state index contributed by atoms with van der Waals surface area (Å²) in [6, 6.07) is 6.99. The van der Waals surface area contributed by atoms with Gasteiger partial charge in [0, 0.05) is 12.4 Å². The Morgan fingerprint density at radius 3 is 2.78 bits per heavy atom. The standard InChI is InChI=1S/C13H12N2O3/c1-17-13(16)10-4-5-11(15-7-10)9-18-12-3-2-6-14-8-12/h2-8H,9H2,1H3. The van der Waals surface area contributed by atoms with Gasteiger partial charge in [0.1, 0.15) is 12.4 Å². The lowest BCUT2D eigenvalue weighted by atomic mass is 10.2. The van der Waals surface area contributed by atoms with Crippen LogP contribution in [0.4, 0.5) is 0 Å². The SMILES string of the molecule is COC(=O)c1ccc(COc2cccnc2)nc1. The van der Waals surface area contributed by atoms with Gasteiger partial charge in [0.2, 0.25) is 0 Å². The van der Waals surface area contributed by atoms with Gasteiger partial charge in [-0.1, -0.05) is 0 Å². The van der Waals surface area contributed by atoms with Crippen molar-refractivity contribution in [3.05, 3.63) is 54.1 Å². The highest BCUT2D eigenvalue weighted by Gasteiger charge is 2.05. The molecule has 0 aromatic carbocycles. The summed E-state index contributed by atoms with van der Waals surface area (Å²) in [6.07, 6.45) is 4.77. The van der Waals surface area contributed by atoms with Crippen LogP contribution in [0.25, 0.3) is 0 Å². The minimum absolute atomic E-state index is 0.327. The fourth-order valence-corrected chi connectivity index (χ4v) is 1.34. The largest absolute Gasteiger partial charge is 0.486 e. The molecule has 5 nitrogen and oxygen atoms in total. The highest BCUT2D eigenvalue weighted by atomic mass is 16.5. The molecule has 18 heavy (non-hydrogen) atoms. The Bertz CT molecular complexity index is 512. The van der Waals surface area contributed by atoms with Gasteiger partial charge in [0.15, 0.2) is 0 Å². The lowest BCUT2D eigenvalue weighted by Crippen LogP contribution is -2.04. The number of hydrogen-bond acceptors (Lipinski definition) is 5. The van der Waals surface area contributed by atoms with Gasteiger partial charge in [0.25, 0.3) is 0 Å². The molecule has 0 aliphatic rings. The van der Waals surface area contributed by atoms with Crippen molar-refractivity contribution in [2.24, 2.45) is 0 Å². The number of methoxy groups -OCH3 is 1. The fourth-order valence-electron chi connectivity index (χ4n) is 1.34. The second-order valence-corrected chi connectivity index (χ2v) is 3.51. The summed E-state index contributed by atoms with van der Waals surface area (Å²) >= 11 is 0. The molecular formula is C13H12N2O3. The molecule has 0 radical (unpaired) electrons. The Morgan fingerprint density at radius 1 is 1.28 bits per heavy atom. The quantitative estimate of drug-likeness (QED) is 0.768. The van der Waals surface area contributed by atoms with Gasteiger partial charge >= 0.3 is 5.97 Å². The fraction of sp³-hybridized carbons (Fsp3) is 0.154. The summed E-state index contributed by atoms with van der Waals surface area (Å²) in [5.41, 5.74) is 1.15. The summed E-state index contributed by atoms with van der Waals surface area (Å²) in [5, 5.41) is 0. The first-order valence-electron chi connectivity index (χ1n) is 5.35. The average molecular weight is 244 g/mol. The summed E-state index contributed by atoms with van der Waals surface area (Å²) < 4.78 is 10.1. The van der Waals surface area contributed by atoms with Crippen molar-refractivity contribution in [2.75, 3.05) is 7.11 Å². The van der Waals surface area contributed by atoms with Crippen molar-refractivity contribution < 1.29 is 14.3 Å². The molecule has 0 amide bonds. The van der Waals surface area contributed by atoms with E-state index in [1.165, 1.54) is 13.3 Å². The van der Waals surface area contributed by atoms with Crippen LogP contribution in [-0.4, -0.2) is 23.0 Å². The molecule has 0 unspecified atom stereocenters. The first kappa shape index (κ1) is 12.0. The Kier molecular flexibility index (Phi) is 3.86. The number of pyridine rings is 2. The Labute approximate surface area is 104 Å². The van der Waals surface area contributed by atoms with E-state index in [4.69, 9.17) is 4.74 Å². The van der Waals surface area contributed by atoms with Crippen molar-refractivity contribution in [2.45, 2.75) is 6.61 Å². The van der Waals surface area contributed by atoms with E-state index in [2.05, 4.69) is 14.7 Å². The van der Waals surface area contributed by atoms with Crippen LogP contribution in [0.3, 0.4) is 0 Å². The second-order valence-electron chi connectivity index (χ2n) is 3.51. The number of hydrogen-bond donors (Lipinski definition) is 0. The van der Waals surface area contributed by atoms with Gasteiger partial charge in [-0.25, -0.2) is 4.79 Å². The van der Waals surface area contributed by atoms with Crippen LogP contribution in [0.1, 0.15) is 16.1 Å². The van der Waals surface area contributed by atoms with Gasteiger partial charge in [-0.05, 0) is 24.3 Å². The number of nitrogens with zero attached hydrogens (tertiary/aromatic N) is 2. The Morgan fingerprint density at radius 2 is 2.17 bits per heavy atom. The van der Waals surface area contributed by atoms with Gasteiger partial charge in [-0.3, -0.25) is 9.97 Å². The van der Waals surface area contributed by atoms with Crippen molar-refractivity contribution in [3.63, 3.8) is 0 Å². The van der Waals surface area contributed by atoms with Crippen LogP contribution in [0.5, 0.6) is 5.75 Å². The molecule has 0 aliphatic heterocycles. The number of rotatable bonds is 4. The smallest absolute Gasteiger partial charge is 0.339 e. The van der Waals surface area contributed by atoms with Crippen LogP contribution < -0.4 is 4.74 Å². The van der Waals surface area contributed by atoms with E-state index in [9.17, 15) is 4.79 Å². The third-order valence-electron chi connectivity index (χ3n) is 2.27. The van der Waals surface area contributed by atoms with E-state index >= 15 is 0 Å². The molecule has 92 valence electrons. The van der Waals surface area contributed by atoms with E-state index in [1.807, 2.05) is 6.07 Å². The molecule has 2 heterocycles. The normalized spacial score (nSPS) is 9.83. The van der Waals surface area contributed by atoms with Gasteiger partial charge in [-0.2, -0.15) is 0 Å². The summed E-state index contributed by atoms with van der Waals surface area (Å²) in [4.78, 5) is 19.3. The maximum absolute atomic E-state index is 11.2. The zero-order valence-electron chi connectivity index (χ0n) is 9.87. The molecule has 2 rings (SSSR count). The maximum atomic E-state index is 11.2. The number of carbonyl (C=O) groups is 1. The van der Waals surface area contributed by atoms with Crippen LogP contribution in [0.2, 0.25) is 0 Å². The highest BCUT2D eigenvalue weighted by molar-refractivity contribution is 5.88. The van der Waals surface area contributed by atoms with Crippen LogP contribution >= 0.6 is 0 Å². The topological polar surface area (TPSA) is 61.3 Å². The Balaban J connectivity index is 1.97. The zero-order valence-corrected chi connectivity index (χ0v) is 9.87. The second kappa shape index (κ2) is 5.77. The maximum Gasteiger partial charge on any atom is 0.339 e. The summed E-state index contributed by atoms with van der Waals surface area (Å²) in [6.45, 7) is 0.327. The molecule has 0 spiro atoms. The van der Waals surface area contributed by atoms with E-state index in [0.717, 1.165) is 5.69 Å². The molecule has 0 fully saturated rings. The molecule has 0 aliphatic carbocycles. The Hall–Kier alpha value is -2.43. The monoisotopic (exact) mass is 244 g/mol. The molecular weight excluding hydrogens is 232 g/mol. The molecule has 2 aromatic heterocycles. The van der Waals surface area contributed by atoms with Gasteiger partial charge < -0.3 is 9.47 Å². The van der Waals surface area contributed by atoms with E-state index < -0.39 is 5.97 Å². The zero-order chi connectivity index (χ0) is 12.8. The average Bonchev–Trinajstić information content (AvgIpc) is 2.46. The molecule has 0 saturated heterocycles. The molecule has 0 bridgehead atoms. The predicted octanol–water partition coefficient (Wildman–Crippen LogP) is 1.84. The summed E-state index contributed by atoms with van der Waals surface area (Å²) in [7, 11) is 1.34. The van der Waals surface area contributed by atoms with Gasteiger partial charge in [-0.15, -0.1) is 0 Å². The number of ether oxygens (including phenoxy) is 2. The molecule has 0 atom stereocenters. The summed E-state index contributed by atoms with van der Waals surface area (Å²) in [5.74, 6) is 0.276. The third kappa shape index (κ3) is 3.04. The number of carbonyl (C=O) groups excluding carboxylic acids is 1. The predicted molar refractivity (Wildman–Crippen MR) is 64.1 cm³/mol. The van der Waals surface area contributed by atoms with Crippen molar-refractivity contribution in [1.29, 1.82) is 0 Å². The number of aromatic nitrogens is 2. The van der Waals surface area contributed by atoms with E-state index in [1.54, 1.807) is 30.6 Å². The number of esters is 1. The lowest BCUT2D eigenvalue weighted by Gasteiger charge is -2.05. The minimum atomic E-state index is -0.401. The highest BCUT2D eigenvalue weighted by Crippen LogP contribution is 2.09. The van der Waals surface area contributed by atoms with Crippen LogP contribution in [0, 0.1) is 0 Å². The van der Waals surface area contributed by atoms with Crippen LogP contribution in [0.15, 0.2) is 42.9 Å². The van der Waals surface area contributed by atoms with E-state index in [-0.39, 0.29) is 0 Å². The lowest BCUT2D eigenvalue weighted by molar-refractivity contribution is 0.0600. The van der Waals surface area contributed by atoms with Crippen LogP contribution in [-0.2, 0) is 11.3 Å². The molecule has 5 heteroatoms. The van der Waals surface area contributed by atoms with Crippen molar-refractivity contribution >= 4 is 5.97 Å². The van der Waals surface area contributed by atoms with E-state index in [0.29, 0.717) is 17.9 Å². The first-order valence-corrected chi connectivity index (χ1v) is 5.35. The minimum Gasteiger partial charge on any atom is -0.486 e. The third-order valence-corrected chi connectivity index (χ3v) is 2.27. The van der Waals surface area contributed by atoms with Crippen molar-refractivity contribution in [3.8, 4) is 5.75 Å². The van der Waals surface area contributed by atoms with Crippen molar-refractivity contribution in [1.82, 2.24) is 9.97 Å². The first-order chi connectivity index (χ1) is 8.79.